The minimum Gasteiger partial charge on any atom is -0.480 e. The second-order valence-electron chi connectivity index (χ2n) is 7.56. The number of amides is 3. The van der Waals surface area contributed by atoms with E-state index in [1.807, 2.05) is 25.7 Å². The Balaban J connectivity index is 1.75. The number of carbonyl (C=O) groups excluding carboxylic acids is 2. The highest BCUT2D eigenvalue weighted by molar-refractivity contribution is 5.95. The molecule has 0 heterocycles. The summed E-state index contributed by atoms with van der Waals surface area (Å²) < 4.78 is 0. The fraction of sp³-hybridized carbons (Fsp3) is 0.550. The van der Waals surface area contributed by atoms with Crippen LogP contribution >= 0.6 is 0 Å². The normalized spacial score (nSPS) is 18.5. The van der Waals surface area contributed by atoms with Gasteiger partial charge in [0.2, 0.25) is 0 Å². The summed E-state index contributed by atoms with van der Waals surface area (Å²) in [6.45, 7) is 7.31. The molecule has 0 atom stereocenters. The average molecular weight is 390 g/mol. The average Bonchev–Trinajstić information content (AvgIpc) is 2.61. The Hall–Kier alpha value is -2.61. The first-order valence-corrected chi connectivity index (χ1v) is 9.70. The number of carbonyl (C=O) groups is 3. The first-order chi connectivity index (χ1) is 13.3. The zero-order valence-electron chi connectivity index (χ0n) is 16.7. The highest BCUT2D eigenvalue weighted by atomic mass is 16.4. The lowest BCUT2D eigenvalue weighted by atomic mass is 9.85. The van der Waals surface area contributed by atoms with E-state index in [-0.39, 0.29) is 30.6 Å². The van der Waals surface area contributed by atoms with Crippen molar-refractivity contribution in [1.82, 2.24) is 15.5 Å². The first kappa shape index (κ1) is 21.7. The molecule has 0 spiro atoms. The predicted octanol–water partition coefficient (Wildman–Crippen LogP) is 2.13. The number of aliphatic carboxylic acids is 1. The number of likely N-dealkylation sites (N-methyl/N-ethyl adjacent to an activating group) is 1. The number of carboxylic acids is 1. The minimum absolute atomic E-state index is 0.0250. The molecular formula is C20H30N4O4. The number of benzene rings is 1. The topological polar surface area (TPSA) is 111 Å². The van der Waals surface area contributed by atoms with Crippen LogP contribution in [0.2, 0.25) is 0 Å². The van der Waals surface area contributed by atoms with Crippen molar-refractivity contribution in [2.24, 2.45) is 5.92 Å². The second-order valence-corrected chi connectivity index (χ2v) is 7.56. The monoisotopic (exact) mass is 390 g/mol. The summed E-state index contributed by atoms with van der Waals surface area (Å²) >= 11 is 0. The molecule has 1 aromatic rings. The molecule has 28 heavy (non-hydrogen) atoms. The summed E-state index contributed by atoms with van der Waals surface area (Å²) in [5.41, 5.74) is 1.15. The third-order valence-electron chi connectivity index (χ3n) is 4.79. The fourth-order valence-electron chi connectivity index (χ4n) is 3.13. The van der Waals surface area contributed by atoms with Crippen LogP contribution in [0.15, 0.2) is 24.3 Å². The van der Waals surface area contributed by atoms with E-state index in [9.17, 15) is 14.4 Å². The van der Waals surface area contributed by atoms with Crippen molar-refractivity contribution in [3.05, 3.63) is 29.8 Å². The van der Waals surface area contributed by atoms with Gasteiger partial charge in [-0.25, -0.2) is 4.79 Å². The Kier molecular flexibility index (Phi) is 7.80. The largest absolute Gasteiger partial charge is 0.480 e. The van der Waals surface area contributed by atoms with Crippen molar-refractivity contribution in [2.75, 3.05) is 25.0 Å². The molecule has 1 fully saturated rings. The lowest BCUT2D eigenvalue weighted by molar-refractivity contribution is -0.139. The number of urea groups is 1. The van der Waals surface area contributed by atoms with Crippen molar-refractivity contribution in [1.29, 1.82) is 0 Å². The van der Waals surface area contributed by atoms with Crippen LogP contribution in [0.3, 0.4) is 0 Å². The SMILES string of the molecule is CCN(CC(=O)O)C1CC(NC(=O)Nc2ccc(C(=O)NCC(C)C)cc2)C1. The van der Waals surface area contributed by atoms with E-state index in [2.05, 4.69) is 16.0 Å². The van der Waals surface area contributed by atoms with Gasteiger partial charge in [-0.1, -0.05) is 20.8 Å². The molecule has 2 rings (SSSR count). The van der Waals surface area contributed by atoms with Gasteiger partial charge < -0.3 is 21.1 Å². The summed E-state index contributed by atoms with van der Waals surface area (Å²) in [5, 5.41) is 17.4. The number of anilines is 1. The first-order valence-electron chi connectivity index (χ1n) is 9.70. The summed E-state index contributed by atoms with van der Waals surface area (Å²) in [5.74, 6) is -0.586. The molecule has 154 valence electrons. The highest BCUT2D eigenvalue weighted by Crippen LogP contribution is 2.25. The van der Waals surface area contributed by atoms with Gasteiger partial charge in [0.1, 0.15) is 0 Å². The minimum atomic E-state index is -0.836. The molecule has 8 nitrogen and oxygen atoms in total. The molecular weight excluding hydrogens is 360 g/mol. The van der Waals surface area contributed by atoms with E-state index in [1.54, 1.807) is 24.3 Å². The molecule has 1 aliphatic carbocycles. The van der Waals surface area contributed by atoms with Gasteiger partial charge in [0.25, 0.3) is 5.91 Å². The molecule has 0 unspecified atom stereocenters. The van der Waals surface area contributed by atoms with Crippen LogP contribution in [0, 0.1) is 5.92 Å². The maximum Gasteiger partial charge on any atom is 0.319 e. The molecule has 0 saturated heterocycles. The number of carboxylic acid groups (broad SMARTS) is 1. The van der Waals surface area contributed by atoms with Crippen LogP contribution in [0.4, 0.5) is 10.5 Å². The quantitative estimate of drug-likeness (QED) is 0.516. The van der Waals surface area contributed by atoms with Gasteiger partial charge in [-0.15, -0.1) is 0 Å². The Morgan fingerprint density at radius 1 is 1.18 bits per heavy atom. The van der Waals surface area contributed by atoms with E-state index < -0.39 is 5.97 Å². The third kappa shape index (κ3) is 6.53. The Labute approximate surface area is 165 Å². The number of hydrogen-bond acceptors (Lipinski definition) is 4. The number of rotatable bonds is 9. The number of nitrogens with zero attached hydrogens (tertiary/aromatic N) is 1. The van der Waals surface area contributed by atoms with Crippen molar-refractivity contribution in [2.45, 2.75) is 45.7 Å². The van der Waals surface area contributed by atoms with Gasteiger partial charge >= 0.3 is 12.0 Å². The predicted molar refractivity (Wildman–Crippen MR) is 107 cm³/mol. The van der Waals surface area contributed by atoms with Crippen molar-refractivity contribution in [3.8, 4) is 0 Å². The molecule has 0 aliphatic heterocycles. The summed E-state index contributed by atoms with van der Waals surface area (Å²) in [4.78, 5) is 36.9. The molecule has 1 aromatic carbocycles. The lowest BCUT2D eigenvalue weighted by Crippen LogP contribution is -2.55. The van der Waals surface area contributed by atoms with E-state index in [0.717, 1.165) is 12.8 Å². The van der Waals surface area contributed by atoms with Gasteiger partial charge in [0.15, 0.2) is 0 Å². The van der Waals surface area contributed by atoms with Crippen LogP contribution < -0.4 is 16.0 Å². The lowest BCUT2D eigenvalue weighted by Gasteiger charge is -2.42. The van der Waals surface area contributed by atoms with Crippen LogP contribution in [0.5, 0.6) is 0 Å². The molecule has 4 N–H and O–H groups in total. The van der Waals surface area contributed by atoms with Gasteiger partial charge in [0, 0.05) is 29.9 Å². The summed E-state index contributed by atoms with van der Waals surface area (Å²) in [7, 11) is 0. The maximum absolute atomic E-state index is 12.1. The van der Waals surface area contributed by atoms with Gasteiger partial charge in [-0.2, -0.15) is 0 Å². The van der Waals surface area contributed by atoms with Gasteiger partial charge in [0.05, 0.1) is 6.54 Å². The fourth-order valence-corrected chi connectivity index (χ4v) is 3.13. The Bertz CT molecular complexity index is 684. The molecule has 0 aromatic heterocycles. The Morgan fingerprint density at radius 3 is 2.36 bits per heavy atom. The standard InChI is InChI=1S/C20H30N4O4/c1-4-24(12-18(25)26)17-9-16(10-17)23-20(28)22-15-7-5-14(6-8-15)19(27)21-11-13(2)3/h5-8,13,16-17H,4,9-12H2,1-3H3,(H,21,27)(H,25,26)(H2,22,23,28). The molecule has 1 saturated carbocycles. The maximum atomic E-state index is 12.1. The molecule has 1 aliphatic rings. The van der Waals surface area contributed by atoms with Crippen molar-refractivity contribution in [3.63, 3.8) is 0 Å². The summed E-state index contributed by atoms with van der Waals surface area (Å²) in [6, 6.07) is 6.66. The zero-order valence-corrected chi connectivity index (χ0v) is 16.7. The van der Waals surface area contributed by atoms with Crippen LogP contribution in [-0.4, -0.2) is 59.6 Å². The molecule has 0 radical (unpaired) electrons. The van der Waals surface area contributed by atoms with E-state index in [1.165, 1.54) is 0 Å². The van der Waals surface area contributed by atoms with Crippen LogP contribution in [-0.2, 0) is 4.79 Å². The third-order valence-corrected chi connectivity index (χ3v) is 4.79. The molecule has 8 heteroatoms. The van der Waals surface area contributed by atoms with Crippen LogP contribution in [0.1, 0.15) is 44.0 Å². The van der Waals surface area contributed by atoms with Gasteiger partial charge in [-0.05, 0) is 49.6 Å². The van der Waals surface area contributed by atoms with E-state index >= 15 is 0 Å². The van der Waals surface area contributed by atoms with Crippen molar-refractivity contribution >= 4 is 23.6 Å². The molecule has 3 amide bonds. The highest BCUT2D eigenvalue weighted by Gasteiger charge is 2.34. The Morgan fingerprint density at radius 2 is 1.82 bits per heavy atom. The van der Waals surface area contributed by atoms with Gasteiger partial charge in [-0.3, -0.25) is 14.5 Å². The number of hydrogen-bond donors (Lipinski definition) is 4. The molecule has 0 bridgehead atoms. The zero-order chi connectivity index (χ0) is 20.7. The van der Waals surface area contributed by atoms with Crippen LogP contribution in [0.25, 0.3) is 0 Å². The van der Waals surface area contributed by atoms with Crippen molar-refractivity contribution < 1.29 is 19.5 Å². The smallest absolute Gasteiger partial charge is 0.319 e. The van der Waals surface area contributed by atoms with E-state index in [4.69, 9.17) is 5.11 Å². The van der Waals surface area contributed by atoms with E-state index in [0.29, 0.717) is 30.3 Å². The number of nitrogens with one attached hydrogen (secondary N) is 3. The summed E-state index contributed by atoms with van der Waals surface area (Å²) in [6.07, 6.45) is 1.48. The second kappa shape index (κ2) is 10.1.